The van der Waals surface area contributed by atoms with E-state index in [1.807, 2.05) is 0 Å². The average Bonchev–Trinajstić information content (AvgIpc) is 2.30. The van der Waals surface area contributed by atoms with Gasteiger partial charge < -0.3 is 10.6 Å². The van der Waals surface area contributed by atoms with Crippen molar-refractivity contribution in [3.8, 4) is 0 Å². The molecule has 2 nitrogen and oxygen atoms in total. The topological polar surface area (TPSA) is 24.1 Å². The molecule has 16 heavy (non-hydrogen) atoms. The molecule has 0 radical (unpaired) electrons. The van der Waals surface area contributed by atoms with Gasteiger partial charge in [0, 0.05) is 10.1 Å². The first-order valence-corrected chi connectivity index (χ1v) is 7.06. The third kappa shape index (κ3) is 6.45. The molecule has 1 rings (SSSR count). The van der Waals surface area contributed by atoms with Crippen molar-refractivity contribution in [2.24, 2.45) is 0 Å². The normalized spacial score (nSPS) is 10.6. The lowest BCUT2D eigenvalue weighted by atomic mass is 10.2. The van der Waals surface area contributed by atoms with E-state index in [1.165, 1.54) is 22.0 Å². The Morgan fingerprint density at radius 2 is 1.69 bits per heavy atom. The zero-order valence-corrected chi connectivity index (χ0v) is 12.1. The molecule has 3 heteroatoms. The van der Waals surface area contributed by atoms with Gasteiger partial charge in [-0.15, -0.1) is 0 Å². The Morgan fingerprint density at radius 1 is 1.00 bits per heavy atom. The first kappa shape index (κ1) is 13.9. The van der Waals surface area contributed by atoms with Crippen LogP contribution in [0.1, 0.15) is 25.3 Å². The number of nitrogens with one attached hydrogen (secondary N) is 2. The standard InChI is InChI=1S/C13H21IN2/c1-2-8-15-9-3-10-16-11-12-4-6-13(14)7-5-12/h4-7,15-16H,2-3,8-11H2,1H3. The van der Waals surface area contributed by atoms with Crippen LogP contribution in [-0.2, 0) is 6.54 Å². The molecule has 0 spiro atoms. The van der Waals surface area contributed by atoms with Gasteiger partial charge in [-0.3, -0.25) is 0 Å². The van der Waals surface area contributed by atoms with Gasteiger partial charge in [0.25, 0.3) is 0 Å². The third-order valence-electron chi connectivity index (χ3n) is 2.38. The monoisotopic (exact) mass is 332 g/mol. The Balaban J connectivity index is 2.01. The summed E-state index contributed by atoms with van der Waals surface area (Å²) in [5.74, 6) is 0. The van der Waals surface area contributed by atoms with E-state index in [1.54, 1.807) is 0 Å². The summed E-state index contributed by atoms with van der Waals surface area (Å²) in [6.45, 7) is 6.51. The van der Waals surface area contributed by atoms with Crippen molar-refractivity contribution in [2.45, 2.75) is 26.3 Å². The van der Waals surface area contributed by atoms with E-state index in [0.717, 1.165) is 26.2 Å². The van der Waals surface area contributed by atoms with Gasteiger partial charge in [0.1, 0.15) is 0 Å². The predicted molar refractivity (Wildman–Crippen MR) is 78.6 cm³/mol. The van der Waals surface area contributed by atoms with Gasteiger partial charge in [-0.1, -0.05) is 19.1 Å². The Bertz CT molecular complexity index is 272. The number of halogens is 1. The number of benzene rings is 1. The summed E-state index contributed by atoms with van der Waals surface area (Å²) in [4.78, 5) is 0. The van der Waals surface area contributed by atoms with Crippen LogP contribution < -0.4 is 10.6 Å². The van der Waals surface area contributed by atoms with Crippen molar-refractivity contribution in [2.75, 3.05) is 19.6 Å². The molecule has 90 valence electrons. The van der Waals surface area contributed by atoms with Gasteiger partial charge in [-0.25, -0.2) is 0 Å². The first-order valence-electron chi connectivity index (χ1n) is 5.99. The van der Waals surface area contributed by atoms with Crippen molar-refractivity contribution < 1.29 is 0 Å². The van der Waals surface area contributed by atoms with E-state index in [4.69, 9.17) is 0 Å². The summed E-state index contributed by atoms with van der Waals surface area (Å²) in [7, 11) is 0. The Labute approximate surface area is 112 Å². The van der Waals surface area contributed by atoms with E-state index in [2.05, 4.69) is 64.4 Å². The summed E-state index contributed by atoms with van der Waals surface area (Å²) in [6, 6.07) is 8.68. The van der Waals surface area contributed by atoms with Crippen LogP contribution in [0.25, 0.3) is 0 Å². The number of rotatable bonds is 8. The van der Waals surface area contributed by atoms with E-state index in [-0.39, 0.29) is 0 Å². The van der Waals surface area contributed by atoms with Crippen LogP contribution in [0.5, 0.6) is 0 Å². The Hall–Kier alpha value is -0.130. The molecule has 0 saturated carbocycles. The summed E-state index contributed by atoms with van der Waals surface area (Å²) in [5, 5.41) is 6.86. The Morgan fingerprint density at radius 3 is 2.38 bits per heavy atom. The van der Waals surface area contributed by atoms with Crippen molar-refractivity contribution in [1.82, 2.24) is 10.6 Å². The molecule has 0 unspecified atom stereocenters. The highest BCUT2D eigenvalue weighted by Crippen LogP contribution is 2.06. The maximum Gasteiger partial charge on any atom is 0.0205 e. The largest absolute Gasteiger partial charge is 0.317 e. The number of hydrogen-bond donors (Lipinski definition) is 2. The maximum atomic E-state index is 3.46. The lowest BCUT2D eigenvalue weighted by Crippen LogP contribution is -2.22. The molecule has 0 fully saturated rings. The van der Waals surface area contributed by atoms with Gasteiger partial charge in [-0.2, -0.15) is 0 Å². The Kier molecular flexibility index (Phi) is 7.80. The number of hydrogen-bond acceptors (Lipinski definition) is 2. The second kappa shape index (κ2) is 8.96. The zero-order valence-electron chi connectivity index (χ0n) is 9.93. The molecule has 0 bridgehead atoms. The summed E-state index contributed by atoms with van der Waals surface area (Å²) >= 11 is 2.33. The van der Waals surface area contributed by atoms with E-state index in [0.29, 0.717) is 0 Å². The van der Waals surface area contributed by atoms with E-state index in [9.17, 15) is 0 Å². The molecular formula is C13H21IN2. The minimum absolute atomic E-state index is 0.977. The molecule has 0 aliphatic heterocycles. The fourth-order valence-corrected chi connectivity index (χ4v) is 1.83. The minimum atomic E-state index is 0.977. The molecular weight excluding hydrogens is 311 g/mol. The molecule has 1 aromatic carbocycles. The fourth-order valence-electron chi connectivity index (χ4n) is 1.48. The predicted octanol–water partition coefficient (Wildman–Crippen LogP) is 2.77. The molecule has 0 aromatic heterocycles. The molecule has 0 atom stereocenters. The molecule has 2 N–H and O–H groups in total. The van der Waals surface area contributed by atoms with Crippen LogP contribution >= 0.6 is 22.6 Å². The van der Waals surface area contributed by atoms with Crippen LogP contribution in [0.2, 0.25) is 0 Å². The molecule has 0 heterocycles. The fraction of sp³-hybridized carbons (Fsp3) is 0.538. The van der Waals surface area contributed by atoms with Crippen molar-refractivity contribution in [3.63, 3.8) is 0 Å². The summed E-state index contributed by atoms with van der Waals surface area (Å²) in [6.07, 6.45) is 2.42. The smallest absolute Gasteiger partial charge is 0.0205 e. The SMILES string of the molecule is CCCNCCCNCc1ccc(I)cc1. The average molecular weight is 332 g/mol. The summed E-state index contributed by atoms with van der Waals surface area (Å²) < 4.78 is 1.30. The third-order valence-corrected chi connectivity index (χ3v) is 3.10. The van der Waals surface area contributed by atoms with Gasteiger partial charge in [-0.05, 0) is 72.8 Å². The van der Waals surface area contributed by atoms with Crippen molar-refractivity contribution in [1.29, 1.82) is 0 Å². The zero-order chi connectivity index (χ0) is 11.6. The van der Waals surface area contributed by atoms with Crippen molar-refractivity contribution in [3.05, 3.63) is 33.4 Å². The first-order chi connectivity index (χ1) is 7.83. The summed E-state index contributed by atoms with van der Waals surface area (Å²) in [5.41, 5.74) is 1.36. The van der Waals surface area contributed by atoms with E-state index >= 15 is 0 Å². The highest BCUT2D eigenvalue weighted by atomic mass is 127. The van der Waals surface area contributed by atoms with Crippen LogP contribution in [0.15, 0.2) is 24.3 Å². The molecule has 0 amide bonds. The van der Waals surface area contributed by atoms with Crippen LogP contribution in [0, 0.1) is 3.57 Å². The lowest BCUT2D eigenvalue weighted by molar-refractivity contribution is 0.592. The second-order valence-electron chi connectivity index (χ2n) is 3.91. The van der Waals surface area contributed by atoms with Gasteiger partial charge in [0.05, 0.1) is 0 Å². The van der Waals surface area contributed by atoms with Crippen molar-refractivity contribution >= 4 is 22.6 Å². The second-order valence-corrected chi connectivity index (χ2v) is 5.15. The molecule has 1 aromatic rings. The van der Waals surface area contributed by atoms with Crippen LogP contribution in [0.4, 0.5) is 0 Å². The molecule has 0 aliphatic carbocycles. The van der Waals surface area contributed by atoms with Crippen LogP contribution in [0.3, 0.4) is 0 Å². The molecule has 0 saturated heterocycles. The highest BCUT2D eigenvalue weighted by molar-refractivity contribution is 14.1. The maximum absolute atomic E-state index is 3.46. The minimum Gasteiger partial charge on any atom is -0.317 e. The lowest BCUT2D eigenvalue weighted by Gasteiger charge is -2.05. The quantitative estimate of drug-likeness (QED) is 0.565. The van der Waals surface area contributed by atoms with Gasteiger partial charge in [0.2, 0.25) is 0 Å². The van der Waals surface area contributed by atoms with E-state index < -0.39 is 0 Å². The molecule has 0 aliphatic rings. The highest BCUT2D eigenvalue weighted by Gasteiger charge is 1.92. The van der Waals surface area contributed by atoms with Gasteiger partial charge >= 0.3 is 0 Å². The van der Waals surface area contributed by atoms with Gasteiger partial charge in [0.15, 0.2) is 0 Å². The van der Waals surface area contributed by atoms with Crippen LogP contribution in [-0.4, -0.2) is 19.6 Å².